The van der Waals surface area contributed by atoms with Crippen molar-refractivity contribution in [1.29, 1.82) is 0 Å². The molecule has 0 spiro atoms. The summed E-state index contributed by atoms with van der Waals surface area (Å²) in [6.07, 6.45) is 0. The van der Waals surface area contributed by atoms with Gasteiger partial charge in [0.15, 0.2) is 0 Å². The molecule has 2 heteroatoms. The molecule has 2 heterocycles. The highest BCUT2D eigenvalue weighted by Crippen LogP contribution is 2.38. The number of rotatable bonds is 2. The smallest absolute Gasteiger partial charge is 0.0623 e. The van der Waals surface area contributed by atoms with Gasteiger partial charge in [0.05, 0.1) is 24.8 Å². The van der Waals surface area contributed by atoms with E-state index in [4.69, 9.17) is 2.74 Å². The van der Waals surface area contributed by atoms with Crippen molar-refractivity contribution in [3.05, 3.63) is 120 Å². The van der Waals surface area contributed by atoms with Gasteiger partial charge in [0.1, 0.15) is 0 Å². The molecule has 2 aromatic heterocycles. The Hall–Kier alpha value is -4.30. The lowest BCUT2D eigenvalue weighted by molar-refractivity contribution is 0.591. The van der Waals surface area contributed by atoms with Gasteiger partial charge in [0.25, 0.3) is 0 Å². The van der Waals surface area contributed by atoms with E-state index in [2.05, 4.69) is 123 Å². The molecule has 0 radical (unpaired) electrons. The summed E-state index contributed by atoms with van der Waals surface area (Å²) in [6.45, 7) is 13.5. The lowest BCUT2D eigenvalue weighted by atomic mass is 9.86. The van der Waals surface area contributed by atoms with Crippen LogP contribution in [0, 0.1) is 0 Å². The predicted octanol–water partition coefficient (Wildman–Crippen LogP) is 10.5. The van der Waals surface area contributed by atoms with Crippen LogP contribution in [0.3, 0.4) is 0 Å². The third-order valence-corrected chi connectivity index (χ3v) is 8.30. The Bertz CT molecular complexity index is 2030. The zero-order valence-corrected chi connectivity index (χ0v) is 24.1. The molecule has 0 amide bonds. The SMILES string of the molecule is [2H]c1ccc2c(c1)c1cc(C(C)(C)C)ccc1n2-c1cccc(-n2c3ccc([2H])cc3c3cc(C(C)(C)C)ccc32)c1. The molecule has 0 bridgehead atoms. The minimum Gasteiger partial charge on any atom is -0.309 e. The van der Waals surface area contributed by atoms with Crippen molar-refractivity contribution in [3.8, 4) is 11.4 Å². The molecular weight excluding hydrogens is 484 g/mol. The van der Waals surface area contributed by atoms with Gasteiger partial charge in [-0.1, -0.05) is 96.1 Å². The Morgan fingerprint density at radius 3 is 1.30 bits per heavy atom. The number of benzene rings is 5. The van der Waals surface area contributed by atoms with Gasteiger partial charge >= 0.3 is 0 Å². The minimum absolute atomic E-state index is 0.0312. The maximum absolute atomic E-state index is 8.37. The molecule has 0 saturated carbocycles. The van der Waals surface area contributed by atoms with Gasteiger partial charge in [-0.25, -0.2) is 0 Å². The quantitative estimate of drug-likeness (QED) is 0.214. The molecular formula is C38H36N2. The fourth-order valence-electron chi connectivity index (χ4n) is 6.08. The Balaban J connectivity index is 1.50. The van der Waals surface area contributed by atoms with Crippen molar-refractivity contribution in [3.63, 3.8) is 0 Å². The molecule has 0 fully saturated rings. The van der Waals surface area contributed by atoms with Crippen LogP contribution < -0.4 is 0 Å². The maximum atomic E-state index is 8.37. The monoisotopic (exact) mass is 522 g/mol. The fourth-order valence-corrected chi connectivity index (χ4v) is 6.08. The topological polar surface area (TPSA) is 9.86 Å². The zero-order valence-electron chi connectivity index (χ0n) is 26.1. The maximum Gasteiger partial charge on any atom is 0.0623 e. The summed E-state index contributed by atoms with van der Waals surface area (Å²) < 4.78 is 21.4. The summed E-state index contributed by atoms with van der Waals surface area (Å²) in [6, 6.07) is 35.2. The Morgan fingerprint density at radius 2 is 0.875 bits per heavy atom. The van der Waals surface area contributed by atoms with Crippen LogP contribution in [0.5, 0.6) is 0 Å². The zero-order chi connectivity index (χ0) is 29.6. The summed E-state index contributed by atoms with van der Waals surface area (Å²) in [5, 5.41) is 4.55. The molecule has 5 aromatic carbocycles. The second-order valence-electron chi connectivity index (χ2n) is 13.0. The molecule has 0 unspecified atom stereocenters. The summed E-state index contributed by atoms with van der Waals surface area (Å²) in [5.41, 5.74) is 9.25. The van der Waals surface area contributed by atoms with Crippen LogP contribution in [-0.2, 0) is 10.8 Å². The van der Waals surface area contributed by atoms with E-state index in [1.54, 1.807) is 0 Å². The highest BCUT2D eigenvalue weighted by atomic mass is 15.0. The normalized spacial score (nSPS) is 13.4. The van der Waals surface area contributed by atoms with Gasteiger partial charge in [-0.15, -0.1) is 0 Å². The van der Waals surface area contributed by atoms with Gasteiger partial charge in [-0.3, -0.25) is 0 Å². The predicted molar refractivity (Wildman–Crippen MR) is 173 cm³/mol. The van der Waals surface area contributed by atoms with Crippen molar-refractivity contribution >= 4 is 43.6 Å². The molecule has 0 atom stereocenters. The van der Waals surface area contributed by atoms with Crippen LogP contribution in [0.2, 0.25) is 0 Å². The van der Waals surface area contributed by atoms with Crippen LogP contribution in [0.1, 0.15) is 55.4 Å². The number of nitrogens with zero attached hydrogens (tertiary/aromatic N) is 2. The van der Waals surface area contributed by atoms with Crippen molar-refractivity contribution in [2.24, 2.45) is 0 Å². The summed E-state index contributed by atoms with van der Waals surface area (Å²) >= 11 is 0. The number of hydrogen-bond acceptors (Lipinski definition) is 0. The Kier molecular flexibility index (Phi) is 4.84. The molecule has 2 nitrogen and oxygen atoms in total. The Labute approximate surface area is 239 Å². The number of fused-ring (bicyclic) bond motifs is 6. The van der Waals surface area contributed by atoms with E-state index < -0.39 is 0 Å². The van der Waals surface area contributed by atoms with Crippen molar-refractivity contribution < 1.29 is 2.74 Å². The molecule has 0 saturated heterocycles. The first kappa shape index (κ1) is 22.5. The second-order valence-corrected chi connectivity index (χ2v) is 13.0. The lowest BCUT2D eigenvalue weighted by Gasteiger charge is -2.19. The molecule has 40 heavy (non-hydrogen) atoms. The highest BCUT2D eigenvalue weighted by Gasteiger charge is 2.20. The van der Waals surface area contributed by atoms with Gasteiger partial charge in [-0.05, 0) is 76.6 Å². The standard InChI is InChI=1S/C38H36N2/c1-37(2,3)25-18-20-35-31(22-25)29-14-7-9-16-33(29)39(35)27-12-11-13-28(24-27)40-34-17-10-8-15-30(34)32-23-26(38(4,5)6)19-21-36(32)40/h7-24H,1-6H3/i7D,8D. The molecule has 0 aliphatic carbocycles. The summed E-state index contributed by atoms with van der Waals surface area (Å²) in [4.78, 5) is 0. The van der Waals surface area contributed by atoms with Gasteiger partial charge < -0.3 is 9.13 Å². The van der Waals surface area contributed by atoms with Crippen LogP contribution in [-0.4, -0.2) is 9.13 Å². The van der Waals surface area contributed by atoms with Gasteiger partial charge in [0, 0.05) is 32.9 Å². The second kappa shape index (κ2) is 8.60. The van der Waals surface area contributed by atoms with Crippen molar-refractivity contribution in [2.75, 3.05) is 0 Å². The van der Waals surface area contributed by atoms with E-state index >= 15 is 0 Å². The van der Waals surface area contributed by atoms with E-state index in [0.29, 0.717) is 12.1 Å². The summed E-state index contributed by atoms with van der Waals surface area (Å²) in [5.74, 6) is 0. The summed E-state index contributed by atoms with van der Waals surface area (Å²) in [7, 11) is 0. The van der Waals surface area contributed by atoms with Crippen LogP contribution in [0.25, 0.3) is 55.0 Å². The highest BCUT2D eigenvalue weighted by molar-refractivity contribution is 6.11. The van der Waals surface area contributed by atoms with E-state index in [1.165, 1.54) is 21.9 Å². The average Bonchev–Trinajstić information content (AvgIpc) is 3.43. The first-order valence-electron chi connectivity index (χ1n) is 15.1. The third kappa shape index (κ3) is 3.78. The van der Waals surface area contributed by atoms with Crippen molar-refractivity contribution in [1.82, 2.24) is 9.13 Å². The number of para-hydroxylation sites is 2. The van der Waals surface area contributed by atoms with Crippen LogP contribution in [0.15, 0.2) is 109 Å². The van der Waals surface area contributed by atoms with Gasteiger partial charge in [0.2, 0.25) is 0 Å². The van der Waals surface area contributed by atoms with E-state index in [-0.39, 0.29) is 10.8 Å². The third-order valence-electron chi connectivity index (χ3n) is 8.30. The van der Waals surface area contributed by atoms with E-state index in [1.807, 2.05) is 24.3 Å². The van der Waals surface area contributed by atoms with Gasteiger partial charge in [-0.2, -0.15) is 0 Å². The van der Waals surface area contributed by atoms with E-state index in [0.717, 1.165) is 44.2 Å². The first-order valence-corrected chi connectivity index (χ1v) is 14.1. The van der Waals surface area contributed by atoms with E-state index in [9.17, 15) is 0 Å². The molecule has 0 N–H and O–H groups in total. The van der Waals surface area contributed by atoms with Crippen molar-refractivity contribution in [2.45, 2.75) is 52.4 Å². The number of aromatic nitrogens is 2. The first-order chi connectivity index (χ1) is 19.9. The molecule has 7 rings (SSSR count). The molecule has 198 valence electrons. The lowest BCUT2D eigenvalue weighted by Crippen LogP contribution is -2.10. The molecule has 0 aliphatic heterocycles. The average molecular weight is 523 g/mol. The Morgan fingerprint density at radius 1 is 0.450 bits per heavy atom. The van der Waals surface area contributed by atoms with Crippen LogP contribution >= 0.6 is 0 Å². The van der Waals surface area contributed by atoms with Crippen LogP contribution in [0.4, 0.5) is 0 Å². The largest absolute Gasteiger partial charge is 0.309 e. The molecule has 7 aromatic rings. The fraction of sp³-hybridized carbons (Fsp3) is 0.211. The minimum atomic E-state index is 0.0312. The molecule has 0 aliphatic rings. The number of hydrogen-bond donors (Lipinski definition) is 0.